The van der Waals surface area contributed by atoms with E-state index in [4.69, 9.17) is 11.6 Å². The molecule has 0 radical (unpaired) electrons. The zero-order valence-electron chi connectivity index (χ0n) is 11.2. The van der Waals surface area contributed by atoms with E-state index < -0.39 is 0 Å². The molecule has 4 nitrogen and oxygen atoms in total. The van der Waals surface area contributed by atoms with Crippen molar-refractivity contribution in [1.29, 1.82) is 0 Å². The monoisotopic (exact) mass is 296 g/mol. The van der Waals surface area contributed by atoms with E-state index in [0.29, 0.717) is 5.15 Å². The molecule has 0 aromatic carbocycles. The van der Waals surface area contributed by atoms with Crippen LogP contribution in [0.25, 0.3) is 0 Å². The molecular weight excluding hydrogens is 280 g/mol. The van der Waals surface area contributed by atoms with Crippen molar-refractivity contribution in [3.63, 3.8) is 0 Å². The number of rotatable bonds is 5. The maximum Gasteiger partial charge on any atom is 0.138 e. The Morgan fingerprint density at radius 1 is 1.32 bits per heavy atom. The molecule has 2 aromatic heterocycles. The van der Waals surface area contributed by atoms with Gasteiger partial charge in [-0.3, -0.25) is 0 Å². The number of aromatic nitrogens is 3. The van der Waals surface area contributed by atoms with Crippen molar-refractivity contribution in [1.82, 2.24) is 15.0 Å². The lowest BCUT2D eigenvalue weighted by molar-refractivity contribution is 0.729. The summed E-state index contributed by atoms with van der Waals surface area (Å²) in [4.78, 5) is 12.7. The summed E-state index contributed by atoms with van der Waals surface area (Å²) in [7, 11) is 0. The van der Waals surface area contributed by atoms with Gasteiger partial charge in [0.2, 0.25) is 0 Å². The maximum atomic E-state index is 6.17. The van der Waals surface area contributed by atoms with Gasteiger partial charge in [-0.2, -0.15) is 0 Å². The van der Waals surface area contributed by atoms with E-state index in [9.17, 15) is 0 Å². The SMILES string of the molecule is CCC(Nc1ncnc(Cl)c1C(C)C)c1nccs1. The fourth-order valence-corrected chi connectivity index (χ4v) is 3.03. The fourth-order valence-electron chi connectivity index (χ4n) is 1.91. The first-order chi connectivity index (χ1) is 9.13. The van der Waals surface area contributed by atoms with Crippen LogP contribution in [0.1, 0.15) is 49.7 Å². The highest BCUT2D eigenvalue weighted by Crippen LogP contribution is 2.31. The first-order valence-electron chi connectivity index (χ1n) is 6.29. The van der Waals surface area contributed by atoms with Crippen LogP contribution in [-0.4, -0.2) is 15.0 Å². The normalized spacial score (nSPS) is 12.7. The summed E-state index contributed by atoms with van der Waals surface area (Å²) in [5.74, 6) is 1.07. The van der Waals surface area contributed by atoms with Gasteiger partial charge in [-0.25, -0.2) is 15.0 Å². The van der Waals surface area contributed by atoms with E-state index in [0.717, 1.165) is 22.8 Å². The second-order valence-electron chi connectivity index (χ2n) is 4.56. The Bertz CT molecular complexity index is 527. The molecule has 0 bridgehead atoms. The fraction of sp³-hybridized carbons (Fsp3) is 0.462. The number of nitrogens with zero attached hydrogens (tertiary/aromatic N) is 3. The lowest BCUT2D eigenvalue weighted by Crippen LogP contribution is -2.13. The van der Waals surface area contributed by atoms with Crippen molar-refractivity contribution in [2.75, 3.05) is 5.32 Å². The van der Waals surface area contributed by atoms with Crippen molar-refractivity contribution in [2.45, 2.75) is 39.2 Å². The standard InChI is InChI=1S/C13H17ClN4S/c1-4-9(13-15-5-6-19-13)18-12-10(8(2)3)11(14)16-7-17-12/h5-9H,4H2,1-3H3,(H,16,17,18). The zero-order valence-corrected chi connectivity index (χ0v) is 12.8. The molecule has 1 N–H and O–H groups in total. The third-order valence-corrected chi connectivity index (χ3v) is 4.07. The molecule has 0 spiro atoms. The summed E-state index contributed by atoms with van der Waals surface area (Å²) in [6.07, 6.45) is 4.25. The van der Waals surface area contributed by atoms with E-state index in [1.54, 1.807) is 11.3 Å². The minimum atomic E-state index is 0.156. The van der Waals surface area contributed by atoms with Crippen LogP contribution in [0.3, 0.4) is 0 Å². The van der Waals surface area contributed by atoms with Crippen molar-refractivity contribution < 1.29 is 0 Å². The lowest BCUT2D eigenvalue weighted by Gasteiger charge is -2.19. The molecule has 2 heterocycles. The van der Waals surface area contributed by atoms with Gasteiger partial charge >= 0.3 is 0 Å². The number of halogens is 1. The van der Waals surface area contributed by atoms with Crippen LogP contribution in [0.5, 0.6) is 0 Å². The second kappa shape index (κ2) is 6.30. The smallest absolute Gasteiger partial charge is 0.138 e. The summed E-state index contributed by atoms with van der Waals surface area (Å²) < 4.78 is 0. The molecule has 0 amide bonds. The van der Waals surface area contributed by atoms with Crippen molar-refractivity contribution in [3.05, 3.63) is 33.6 Å². The highest BCUT2D eigenvalue weighted by atomic mass is 35.5. The molecule has 0 aliphatic heterocycles. The Morgan fingerprint density at radius 2 is 2.11 bits per heavy atom. The second-order valence-corrected chi connectivity index (χ2v) is 5.84. The van der Waals surface area contributed by atoms with Gasteiger partial charge in [-0.05, 0) is 12.3 Å². The molecule has 2 aromatic rings. The van der Waals surface area contributed by atoms with Gasteiger partial charge in [0, 0.05) is 17.1 Å². The molecule has 102 valence electrons. The van der Waals surface area contributed by atoms with E-state index in [1.165, 1.54) is 6.33 Å². The third kappa shape index (κ3) is 3.22. The minimum Gasteiger partial charge on any atom is -0.360 e. The summed E-state index contributed by atoms with van der Waals surface area (Å²) in [5.41, 5.74) is 0.958. The highest BCUT2D eigenvalue weighted by molar-refractivity contribution is 7.09. The van der Waals surface area contributed by atoms with Crippen molar-refractivity contribution in [3.8, 4) is 0 Å². The van der Waals surface area contributed by atoms with Crippen LogP contribution in [0.15, 0.2) is 17.9 Å². The minimum absolute atomic E-state index is 0.156. The summed E-state index contributed by atoms with van der Waals surface area (Å²) in [6, 6.07) is 0.156. The van der Waals surface area contributed by atoms with E-state index >= 15 is 0 Å². The van der Waals surface area contributed by atoms with Crippen LogP contribution in [0, 0.1) is 0 Å². The summed E-state index contributed by atoms with van der Waals surface area (Å²) in [5, 5.41) is 6.99. The quantitative estimate of drug-likeness (QED) is 0.837. The van der Waals surface area contributed by atoms with Gasteiger partial charge < -0.3 is 5.32 Å². The first-order valence-corrected chi connectivity index (χ1v) is 7.55. The molecular formula is C13H17ClN4S. The molecule has 6 heteroatoms. The average molecular weight is 297 g/mol. The van der Waals surface area contributed by atoms with Gasteiger partial charge in [-0.15, -0.1) is 11.3 Å². The topological polar surface area (TPSA) is 50.7 Å². The molecule has 2 rings (SSSR count). The maximum absolute atomic E-state index is 6.17. The highest BCUT2D eigenvalue weighted by Gasteiger charge is 2.18. The van der Waals surface area contributed by atoms with Crippen molar-refractivity contribution >= 4 is 28.8 Å². The molecule has 0 saturated carbocycles. The Morgan fingerprint density at radius 3 is 2.68 bits per heavy atom. The third-order valence-electron chi connectivity index (χ3n) is 2.88. The molecule has 0 fully saturated rings. The van der Waals surface area contributed by atoms with E-state index in [-0.39, 0.29) is 12.0 Å². The van der Waals surface area contributed by atoms with Gasteiger partial charge in [0.1, 0.15) is 22.3 Å². The molecule has 19 heavy (non-hydrogen) atoms. The van der Waals surface area contributed by atoms with Gasteiger partial charge in [0.15, 0.2) is 0 Å². The largest absolute Gasteiger partial charge is 0.360 e. The molecule has 0 aliphatic rings. The van der Waals surface area contributed by atoms with Crippen LogP contribution < -0.4 is 5.32 Å². The molecule has 0 aliphatic carbocycles. The Labute approximate surface area is 122 Å². The molecule has 1 unspecified atom stereocenters. The van der Waals surface area contributed by atoms with Crippen LogP contribution in [-0.2, 0) is 0 Å². The predicted molar refractivity (Wildman–Crippen MR) is 79.9 cm³/mol. The van der Waals surface area contributed by atoms with Gasteiger partial charge in [-0.1, -0.05) is 32.4 Å². The number of anilines is 1. The predicted octanol–water partition coefficient (Wildman–Crippen LogP) is 4.27. The van der Waals surface area contributed by atoms with Crippen LogP contribution >= 0.6 is 22.9 Å². The molecule has 0 saturated heterocycles. The number of nitrogens with one attached hydrogen (secondary N) is 1. The van der Waals surface area contributed by atoms with E-state index in [1.807, 2.05) is 11.6 Å². The lowest BCUT2D eigenvalue weighted by atomic mass is 10.1. The van der Waals surface area contributed by atoms with E-state index in [2.05, 4.69) is 41.0 Å². The zero-order chi connectivity index (χ0) is 13.8. The average Bonchev–Trinajstić information content (AvgIpc) is 2.89. The van der Waals surface area contributed by atoms with Gasteiger partial charge in [0.05, 0.1) is 6.04 Å². The first kappa shape index (κ1) is 14.2. The molecule has 1 atom stereocenters. The number of hydrogen-bond acceptors (Lipinski definition) is 5. The van der Waals surface area contributed by atoms with Crippen LogP contribution in [0.2, 0.25) is 5.15 Å². The summed E-state index contributed by atoms with van der Waals surface area (Å²) in [6.45, 7) is 6.29. The number of hydrogen-bond donors (Lipinski definition) is 1. The Hall–Kier alpha value is -1.20. The Balaban J connectivity index is 2.30. The Kier molecular flexibility index (Phi) is 4.71. The van der Waals surface area contributed by atoms with Crippen molar-refractivity contribution in [2.24, 2.45) is 0 Å². The van der Waals surface area contributed by atoms with Crippen LogP contribution in [0.4, 0.5) is 5.82 Å². The van der Waals surface area contributed by atoms with Gasteiger partial charge in [0.25, 0.3) is 0 Å². The summed E-state index contributed by atoms with van der Waals surface area (Å²) >= 11 is 7.82. The number of thiazole rings is 1.